The molecule has 0 bridgehead atoms. The van der Waals surface area contributed by atoms with Crippen molar-refractivity contribution in [2.45, 2.75) is 0 Å². The predicted octanol–water partition coefficient (Wildman–Crippen LogP) is 3.84. The van der Waals surface area contributed by atoms with E-state index >= 15 is 0 Å². The normalized spacial score (nSPS) is 18.6. The molecule has 0 aromatic heterocycles. The first kappa shape index (κ1) is 14.1. The summed E-state index contributed by atoms with van der Waals surface area (Å²) in [6, 6.07) is 14.6. The molecule has 2 N–H and O–H groups in total. The number of hydrogen-bond donors (Lipinski definition) is 2. The van der Waals surface area contributed by atoms with E-state index < -0.39 is 10.9 Å². The quantitative estimate of drug-likeness (QED) is 0.884. The smallest absolute Gasteiger partial charge is 0.117 e. The van der Waals surface area contributed by atoms with E-state index in [-0.39, 0.29) is 5.75 Å². The van der Waals surface area contributed by atoms with Crippen LogP contribution in [-0.2, 0) is 10.9 Å². The topological polar surface area (TPSA) is 47.9 Å². The van der Waals surface area contributed by atoms with Gasteiger partial charge in [0.2, 0.25) is 0 Å². The second kappa shape index (κ2) is 5.89. The van der Waals surface area contributed by atoms with E-state index in [1.54, 1.807) is 18.2 Å². The molecule has 2 aromatic rings. The summed E-state index contributed by atoms with van der Waals surface area (Å²) in [7, 11) is 1.51. The van der Waals surface area contributed by atoms with Gasteiger partial charge in [0, 0.05) is 34.4 Å². The van der Waals surface area contributed by atoms with Gasteiger partial charge in [-0.1, -0.05) is 29.8 Å². The molecule has 1 aliphatic heterocycles. The van der Waals surface area contributed by atoms with E-state index in [0.717, 1.165) is 16.9 Å². The molecule has 4 nitrogen and oxygen atoms in total. The van der Waals surface area contributed by atoms with Gasteiger partial charge >= 0.3 is 0 Å². The zero-order valence-corrected chi connectivity index (χ0v) is 12.9. The highest BCUT2D eigenvalue weighted by atomic mass is 35.5. The van der Waals surface area contributed by atoms with Gasteiger partial charge in [-0.2, -0.15) is 4.41 Å². The molecule has 0 saturated carbocycles. The maximum absolute atomic E-state index is 9.49. The minimum absolute atomic E-state index is 0.219. The molecular formula is C15H14ClN3OS. The summed E-state index contributed by atoms with van der Waals surface area (Å²) in [6.07, 6.45) is 0. The molecule has 1 atom stereocenters. The van der Waals surface area contributed by atoms with E-state index in [1.807, 2.05) is 41.8 Å². The molecule has 1 heterocycles. The molecule has 1 unspecified atom stereocenters. The number of nitrogens with zero attached hydrogens (tertiary/aromatic N) is 2. The SMILES string of the molecule is CN1NC(c2ccc(Cl)cc2)=CS1=Nc1cccc(O)c1. The summed E-state index contributed by atoms with van der Waals surface area (Å²) in [4.78, 5) is 0. The third-order valence-corrected chi connectivity index (χ3v) is 4.71. The Morgan fingerprint density at radius 2 is 1.95 bits per heavy atom. The van der Waals surface area contributed by atoms with Crippen LogP contribution in [-0.4, -0.2) is 16.6 Å². The van der Waals surface area contributed by atoms with Crippen LogP contribution < -0.4 is 5.43 Å². The summed E-state index contributed by atoms with van der Waals surface area (Å²) in [6.45, 7) is 0. The summed E-state index contributed by atoms with van der Waals surface area (Å²) < 4.78 is 6.56. The summed E-state index contributed by atoms with van der Waals surface area (Å²) >= 11 is 5.91. The highest BCUT2D eigenvalue weighted by Gasteiger charge is 2.16. The lowest BCUT2D eigenvalue weighted by molar-refractivity contribution is 0.475. The number of nitrogens with one attached hydrogen (secondary N) is 1. The Kier molecular flexibility index (Phi) is 3.96. The lowest BCUT2D eigenvalue weighted by atomic mass is 10.2. The van der Waals surface area contributed by atoms with Crippen molar-refractivity contribution in [2.75, 3.05) is 7.05 Å². The molecular weight excluding hydrogens is 306 g/mol. The van der Waals surface area contributed by atoms with Gasteiger partial charge in [-0.15, -0.1) is 0 Å². The maximum Gasteiger partial charge on any atom is 0.117 e. The number of hydrogen-bond acceptors (Lipinski definition) is 3. The Bertz CT molecular complexity index is 728. The van der Waals surface area contributed by atoms with Crippen molar-refractivity contribution in [3.8, 4) is 5.75 Å². The van der Waals surface area contributed by atoms with Gasteiger partial charge in [-0.25, -0.2) is 4.36 Å². The van der Waals surface area contributed by atoms with Crippen molar-refractivity contribution in [1.82, 2.24) is 9.84 Å². The van der Waals surface area contributed by atoms with Crippen LogP contribution in [0.15, 0.2) is 58.3 Å². The van der Waals surface area contributed by atoms with Crippen LogP contribution in [0.25, 0.3) is 5.70 Å². The van der Waals surface area contributed by atoms with Crippen LogP contribution in [0.4, 0.5) is 5.69 Å². The van der Waals surface area contributed by atoms with Crippen molar-refractivity contribution in [3.63, 3.8) is 0 Å². The molecule has 0 aliphatic carbocycles. The molecule has 3 rings (SSSR count). The molecule has 108 valence electrons. The van der Waals surface area contributed by atoms with Crippen LogP contribution in [0.3, 0.4) is 0 Å². The van der Waals surface area contributed by atoms with Crippen LogP contribution >= 0.6 is 11.6 Å². The van der Waals surface area contributed by atoms with E-state index in [9.17, 15) is 5.11 Å². The first-order valence-corrected chi connectivity index (χ1v) is 7.92. The van der Waals surface area contributed by atoms with Gasteiger partial charge in [0.25, 0.3) is 0 Å². The van der Waals surface area contributed by atoms with E-state index in [4.69, 9.17) is 11.6 Å². The number of halogens is 1. The molecule has 21 heavy (non-hydrogen) atoms. The van der Waals surface area contributed by atoms with Crippen LogP contribution in [0.1, 0.15) is 5.56 Å². The largest absolute Gasteiger partial charge is 0.508 e. The molecule has 2 aromatic carbocycles. The number of phenolic OH excluding ortho intramolecular Hbond substituents is 1. The van der Waals surface area contributed by atoms with Crippen LogP contribution in [0.2, 0.25) is 5.02 Å². The van der Waals surface area contributed by atoms with Crippen molar-refractivity contribution in [2.24, 2.45) is 4.36 Å². The average Bonchev–Trinajstić information content (AvgIpc) is 2.81. The van der Waals surface area contributed by atoms with Gasteiger partial charge in [-0.05, 0) is 29.8 Å². The zero-order valence-electron chi connectivity index (χ0n) is 11.3. The molecule has 0 radical (unpaired) electrons. The Labute approximate surface area is 130 Å². The lowest BCUT2D eigenvalue weighted by Gasteiger charge is -2.12. The Morgan fingerprint density at radius 3 is 2.67 bits per heavy atom. The summed E-state index contributed by atoms with van der Waals surface area (Å²) in [5.41, 5.74) is 6.10. The molecule has 0 saturated heterocycles. The van der Waals surface area contributed by atoms with Crippen molar-refractivity contribution >= 4 is 33.9 Å². The zero-order chi connectivity index (χ0) is 14.8. The van der Waals surface area contributed by atoms with E-state index in [1.165, 1.54) is 0 Å². The minimum atomic E-state index is -0.426. The highest BCUT2D eigenvalue weighted by molar-refractivity contribution is 7.88. The molecule has 1 aliphatic rings. The third-order valence-electron chi connectivity index (χ3n) is 2.97. The van der Waals surface area contributed by atoms with Gasteiger partial charge in [-0.3, -0.25) is 0 Å². The Hall–Kier alpha value is -1.82. The lowest BCUT2D eigenvalue weighted by Crippen LogP contribution is -2.27. The fraction of sp³-hybridized carbons (Fsp3) is 0.0667. The molecule has 0 fully saturated rings. The maximum atomic E-state index is 9.49. The molecule has 0 spiro atoms. The van der Waals surface area contributed by atoms with Gasteiger partial charge in [0.1, 0.15) is 5.75 Å². The predicted molar refractivity (Wildman–Crippen MR) is 87.9 cm³/mol. The summed E-state index contributed by atoms with van der Waals surface area (Å²) in [5.74, 6) is 0.219. The standard InChI is InChI=1S/C15H14ClN3OS/c1-19-17-15(11-5-7-12(16)8-6-11)10-21(19)18-13-3-2-4-14(20)9-13/h2-10,17,20H,1H3. The fourth-order valence-corrected chi connectivity index (χ4v) is 3.31. The highest BCUT2D eigenvalue weighted by Crippen LogP contribution is 2.25. The third kappa shape index (κ3) is 3.26. The summed E-state index contributed by atoms with van der Waals surface area (Å²) in [5, 5.41) is 12.3. The number of phenols is 1. The number of aromatic hydroxyl groups is 1. The Balaban J connectivity index is 1.91. The first-order chi connectivity index (χ1) is 10.1. The van der Waals surface area contributed by atoms with Crippen molar-refractivity contribution in [1.29, 1.82) is 0 Å². The fourth-order valence-electron chi connectivity index (χ4n) is 1.93. The van der Waals surface area contributed by atoms with E-state index in [0.29, 0.717) is 5.02 Å². The number of rotatable bonds is 2. The van der Waals surface area contributed by atoms with Crippen LogP contribution in [0.5, 0.6) is 5.75 Å². The first-order valence-electron chi connectivity index (χ1n) is 6.34. The molecule has 6 heteroatoms. The second-order valence-electron chi connectivity index (χ2n) is 4.55. The van der Waals surface area contributed by atoms with Crippen molar-refractivity contribution < 1.29 is 5.11 Å². The Morgan fingerprint density at radius 1 is 1.19 bits per heavy atom. The van der Waals surface area contributed by atoms with Crippen molar-refractivity contribution in [3.05, 3.63) is 64.5 Å². The monoisotopic (exact) mass is 319 g/mol. The number of benzene rings is 2. The molecule has 0 amide bonds. The van der Waals surface area contributed by atoms with Gasteiger partial charge < -0.3 is 10.5 Å². The van der Waals surface area contributed by atoms with Gasteiger partial charge in [0.05, 0.1) is 11.4 Å². The van der Waals surface area contributed by atoms with E-state index in [2.05, 4.69) is 15.2 Å². The van der Waals surface area contributed by atoms with Gasteiger partial charge in [0.15, 0.2) is 0 Å². The second-order valence-corrected chi connectivity index (χ2v) is 6.54. The number of hydrazine groups is 1. The minimum Gasteiger partial charge on any atom is -0.508 e. The average molecular weight is 320 g/mol. The van der Waals surface area contributed by atoms with Crippen LogP contribution in [0, 0.1) is 0 Å².